The number of hydrogen-bond donors (Lipinski definition) is 0. The molecule has 0 atom stereocenters. The van der Waals surface area contributed by atoms with Crippen LogP contribution in [0.2, 0.25) is 5.02 Å². The third-order valence-electron chi connectivity index (χ3n) is 3.13. The van der Waals surface area contributed by atoms with Crippen molar-refractivity contribution in [1.82, 2.24) is 4.98 Å². The first-order valence-electron chi connectivity index (χ1n) is 6.70. The summed E-state index contributed by atoms with van der Waals surface area (Å²) >= 11 is 5.84. The van der Waals surface area contributed by atoms with Crippen LogP contribution in [0.15, 0.2) is 72.9 Å². The van der Waals surface area contributed by atoms with E-state index in [4.69, 9.17) is 16.3 Å². The van der Waals surface area contributed by atoms with Crippen LogP contribution in [0.4, 0.5) is 0 Å². The average Bonchev–Trinajstić information content (AvgIpc) is 2.55. The van der Waals surface area contributed by atoms with E-state index in [1.165, 1.54) is 0 Å². The number of pyridine rings is 1. The molecule has 0 fully saturated rings. The minimum Gasteiger partial charge on any atom is -0.489 e. The first-order chi connectivity index (χ1) is 10.3. The standard InChI is InChI=1S/C18H14ClNO/c19-16-8-11-18(20-12-16)15-6-9-17(10-7-15)21-13-14-4-2-1-3-5-14/h1-12H,13H2. The Bertz CT molecular complexity index is 694. The molecular weight excluding hydrogens is 282 g/mol. The lowest BCUT2D eigenvalue weighted by Crippen LogP contribution is -1.94. The maximum Gasteiger partial charge on any atom is 0.119 e. The second-order valence-electron chi connectivity index (χ2n) is 4.66. The molecule has 0 radical (unpaired) electrons. The lowest BCUT2D eigenvalue weighted by atomic mass is 10.1. The average molecular weight is 296 g/mol. The Kier molecular flexibility index (Phi) is 4.17. The van der Waals surface area contributed by atoms with Gasteiger partial charge in [-0.25, -0.2) is 0 Å². The fourth-order valence-electron chi connectivity index (χ4n) is 2.01. The van der Waals surface area contributed by atoms with E-state index in [9.17, 15) is 0 Å². The summed E-state index contributed by atoms with van der Waals surface area (Å²) in [5.74, 6) is 0.844. The first-order valence-corrected chi connectivity index (χ1v) is 7.08. The summed E-state index contributed by atoms with van der Waals surface area (Å²) in [5.41, 5.74) is 3.09. The highest BCUT2D eigenvalue weighted by molar-refractivity contribution is 6.30. The van der Waals surface area contributed by atoms with Crippen molar-refractivity contribution in [1.29, 1.82) is 0 Å². The highest BCUT2D eigenvalue weighted by atomic mass is 35.5. The van der Waals surface area contributed by atoms with E-state index in [1.807, 2.05) is 66.7 Å². The van der Waals surface area contributed by atoms with E-state index < -0.39 is 0 Å². The number of ether oxygens (including phenoxy) is 1. The van der Waals surface area contributed by atoms with Crippen LogP contribution in [0.25, 0.3) is 11.3 Å². The maximum atomic E-state index is 5.84. The zero-order valence-electron chi connectivity index (χ0n) is 11.4. The Balaban J connectivity index is 1.68. The summed E-state index contributed by atoms with van der Waals surface area (Å²) in [4.78, 5) is 4.30. The molecule has 0 saturated carbocycles. The van der Waals surface area contributed by atoms with E-state index in [0.29, 0.717) is 11.6 Å². The molecule has 3 heteroatoms. The lowest BCUT2D eigenvalue weighted by Gasteiger charge is -2.07. The molecule has 0 aliphatic heterocycles. The zero-order valence-corrected chi connectivity index (χ0v) is 12.1. The van der Waals surface area contributed by atoms with E-state index in [2.05, 4.69) is 4.98 Å². The smallest absolute Gasteiger partial charge is 0.119 e. The SMILES string of the molecule is Clc1ccc(-c2ccc(OCc3ccccc3)cc2)nc1. The summed E-state index contributed by atoms with van der Waals surface area (Å²) in [7, 11) is 0. The highest BCUT2D eigenvalue weighted by Gasteiger charge is 2.00. The highest BCUT2D eigenvalue weighted by Crippen LogP contribution is 2.22. The van der Waals surface area contributed by atoms with Crippen LogP contribution in [0, 0.1) is 0 Å². The van der Waals surface area contributed by atoms with Crippen molar-refractivity contribution in [2.24, 2.45) is 0 Å². The minimum atomic E-state index is 0.569. The molecule has 21 heavy (non-hydrogen) atoms. The Labute approximate surface area is 129 Å². The fourth-order valence-corrected chi connectivity index (χ4v) is 2.12. The van der Waals surface area contributed by atoms with Crippen molar-refractivity contribution in [2.45, 2.75) is 6.61 Å². The lowest BCUT2D eigenvalue weighted by molar-refractivity contribution is 0.306. The van der Waals surface area contributed by atoms with Gasteiger partial charge in [-0.15, -0.1) is 0 Å². The number of aromatic nitrogens is 1. The number of nitrogens with zero attached hydrogens (tertiary/aromatic N) is 1. The van der Waals surface area contributed by atoms with Gasteiger partial charge < -0.3 is 4.74 Å². The largest absolute Gasteiger partial charge is 0.489 e. The van der Waals surface area contributed by atoms with Crippen LogP contribution in [-0.4, -0.2) is 4.98 Å². The Hall–Kier alpha value is -2.32. The molecule has 0 spiro atoms. The quantitative estimate of drug-likeness (QED) is 0.677. The fraction of sp³-hybridized carbons (Fsp3) is 0.0556. The van der Waals surface area contributed by atoms with Crippen LogP contribution in [0.1, 0.15) is 5.56 Å². The van der Waals surface area contributed by atoms with Crippen molar-refractivity contribution in [3.05, 3.63) is 83.5 Å². The van der Waals surface area contributed by atoms with Crippen LogP contribution in [0.5, 0.6) is 5.75 Å². The van der Waals surface area contributed by atoms with E-state index in [1.54, 1.807) is 6.20 Å². The van der Waals surface area contributed by atoms with Crippen molar-refractivity contribution in [2.75, 3.05) is 0 Å². The monoisotopic (exact) mass is 295 g/mol. The predicted octanol–water partition coefficient (Wildman–Crippen LogP) is 4.98. The van der Waals surface area contributed by atoms with E-state index in [0.717, 1.165) is 22.6 Å². The molecule has 0 aliphatic rings. The molecule has 3 aromatic rings. The van der Waals surface area contributed by atoms with Gasteiger partial charge in [-0.05, 0) is 42.0 Å². The van der Waals surface area contributed by atoms with E-state index in [-0.39, 0.29) is 0 Å². The summed E-state index contributed by atoms with van der Waals surface area (Å²) in [5, 5.41) is 0.640. The summed E-state index contributed by atoms with van der Waals surface area (Å²) in [6, 6.07) is 21.7. The summed E-state index contributed by atoms with van der Waals surface area (Å²) in [6.07, 6.45) is 1.65. The molecule has 0 aliphatic carbocycles. The number of hydrogen-bond acceptors (Lipinski definition) is 2. The van der Waals surface area contributed by atoms with Gasteiger partial charge in [0.25, 0.3) is 0 Å². The molecular formula is C18H14ClNO. The Morgan fingerprint density at radius 2 is 1.62 bits per heavy atom. The summed E-state index contributed by atoms with van der Waals surface area (Å²) < 4.78 is 5.76. The number of rotatable bonds is 4. The van der Waals surface area contributed by atoms with Gasteiger partial charge in [-0.1, -0.05) is 41.9 Å². The van der Waals surface area contributed by atoms with Gasteiger partial charge in [0, 0.05) is 11.8 Å². The molecule has 0 unspecified atom stereocenters. The first kappa shape index (κ1) is 13.7. The summed E-state index contributed by atoms with van der Waals surface area (Å²) in [6.45, 7) is 0.569. The zero-order chi connectivity index (χ0) is 14.5. The normalized spacial score (nSPS) is 10.3. The topological polar surface area (TPSA) is 22.1 Å². The van der Waals surface area contributed by atoms with Gasteiger partial charge in [0.2, 0.25) is 0 Å². The molecule has 0 N–H and O–H groups in total. The maximum absolute atomic E-state index is 5.84. The van der Waals surface area contributed by atoms with Gasteiger partial charge in [-0.2, -0.15) is 0 Å². The van der Waals surface area contributed by atoms with Crippen LogP contribution < -0.4 is 4.74 Å². The predicted molar refractivity (Wildman–Crippen MR) is 85.5 cm³/mol. The molecule has 104 valence electrons. The van der Waals surface area contributed by atoms with Crippen LogP contribution >= 0.6 is 11.6 Å². The van der Waals surface area contributed by atoms with Crippen molar-refractivity contribution < 1.29 is 4.74 Å². The molecule has 0 bridgehead atoms. The molecule has 1 aromatic heterocycles. The van der Waals surface area contributed by atoms with Crippen molar-refractivity contribution in [3.8, 4) is 17.0 Å². The Morgan fingerprint density at radius 3 is 2.29 bits per heavy atom. The Morgan fingerprint density at radius 1 is 0.857 bits per heavy atom. The number of halogens is 1. The van der Waals surface area contributed by atoms with Gasteiger partial charge >= 0.3 is 0 Å². The molecule has 1 heterocycles. The van der Waals surface area contributed by atoms with E-state index >= 15 is 0 Å². The molecule has 2 nitrogen and oxygen atoms in total. The van der Waals surface area contributed by atoms with Gasteiger partial charge in [0.15, 0.2) is 0 Å². The molecule has 2 aromatic carbocycles. The van der Waals surface area contributed by atoms with Crippen molar-refractivity contribution >= 4 is 11.6 Å². The van der Waals surface area contributed by atoms with Gasteiger partial charge in [0.1, 0.15) is 12.4 Å². The second kappa shape index (κ2) is 6.42. The molecule has 0 saturated heterocycles. The third-order valence-corrected chi connectivity index (χ3v) is 3.35. The van der Waals surface area contributed by atoms with Crippen LogP contribution in [0.3, 0.4) is 0 Å². The number of benzene rings is 2. The molecule has 3 rings (SSSR count). The van der Waals surface area contributed by atoms with Crippen LogP contribution in [-0.2, 0) is 6.61 Å². The molecule has 0 amide bonds. The van der Waals surface area contributed by atoms with Crippen molar-refractivity contribution in [3.63, 3.8) is 0 Å². The minimum absolute atomic E-state index is 0.569. The van der Waals surface area contributed by atoms with Gasteiger partial charge in [0.05, 0.1) is 10.7 Å². The van der Waals surface area contributed by atoms with Gasteiger partial charge in [-0.3, -0.25) is 4.98 Å². The second-order valence-corrected chi connectivity index (χ2v) is 5.10. The third kappa shape index (κ3) is 3.61.